The molecule has 0 bridgehead atoms. The molecule has 0 radical (unpaired) electrons. The zero-order valence-corrected chi connectivity index (χ0v) is 13.4. The van der Waals surface area contributed by atoms with Gasteiger partial charge in [0.05, 0.1) is 19.4 Å². The third kappa shape index (κ3) is 4.11. The van der Waals surface area contributed by atoms with Crippen LogP contribution in [0.1, 0.15) is 13.3 Å². The van der Waals surface area contributed by atoms with E-state index >= 15 is 0 Å². The zero-order valence-electron chi connectivity index (χ0n) is 12.6. The van der Waals surface area contributed by atoms with Crippen molar-refractivity contribution in [3.63, 3.8) is 0 Å². The third-order valence-electron chi connectivity index (χ3n) is 3.26. The Hall–Kier alpha value is -1.80. The van der Waals surface area contributed by atoms with Crippen LogP contribution in [0.15, 0.2) is 24.3 Å². The van der Waals surface area contributed by atoms with Crippen molar-refractivity contribution in [1.82, 2.24) is 4.72 Å². The van der Waals surface area contributed by atoms with Gasteiger partial charge in [-0.2, -0.15) is 0 Å². The number of nitrogens with one attached hydrogen (secondary N) is 1. The van der Waals surface area contributed by atoms with Gasteiger partial charge in [0.15, 0.2) is 0 Å². The van der Waals surface area contributed by atoms with Gasteiger partial charge in [-0.3, -0.25) is 4.90 Å². The smallest absolute Gasteiger partial charge is 0.414 e. The monoisotopic (exact) mass is 328 g/mol. The number of sulfonamides is 1. The molecule has 22 heavy (non-hydrogen) atoms. The number of cyclic esters (lactones) is 1. The zero-order chi connectivity index (χ0) is 16.2. The van der Waals surface area contributed by atoms with Gasteiger partial charge < -0.3 is 9.47 Å². The highest BCUT2D eigenvalue weighted by Gasteiger charge is 2.32. The molecule has 1 amide bonds. The molecule has 122 valence electrons. The number of rotatable bonds is 7. The Bertz CT molecular complexity index is 615. The molecule has 1 N–H and O–H groups in total. The number of carbonyl (C=O) groups excluding carboxylic acids is 1. The highest BCUT2D eigenvalue weighted by Crippen LogP contribution is 2.23. The molecule has 0 aromatic heterocycles. The van der Waals surface area contributed by atoms with Crippen LogP contribution in [0.4, 0.5) is 10.5 Å². The summed E-state index contributed by atoms with van der Waals surface area (Å²) in [5, 5.41) is 0. The maximum atomic E-state index is 11.9. The minimum atomic E-state index is -3.30. The number of ether oxygens (including phenoxy) is 2. The standard InChI is InChI=1S/C14H20N2O5S/c1-3-8-22(18,19)15-9-13-10-16(14(17)21-13)11-4-6-12(20-2)7-5-11/h4-7,13,15H,3,8-10H2,1-2H3. The molecule has 1 aliphatic heterocycles. The summed E-state index contributed by atoms with van der Waals surface area (Å²) in [6, 6.07) is 7.01. The molecular formula is C14H20N2O5S. The summed E-state index contributed by atoms with van der Waals surface area (Å²) in [5.74, 6) is 0.760. The van der Waals surface area contributed by atoms with Gasteiger partial charge in [0.1, 0.15) is 11.9 Å². The van der Waals surface area contributed by atoms with E-state index in [9.17, 15) is 13.2 Å². The van der Waals surface area contributed by atoms with Gasteiger partial charge in [0, 0.05) is 12.2 Å². The average Bonchev–Trinajstić information content (AvgIpc) is 2.86. The number of carbonyl (C=O) groups is 1. The van der Waals surface area contributed by atoms with E-state index in [2.05, 4.69) is 4.72 Å². The molecule has 1 heterocycles. The molecule has 0 aliphatic carbocycles. The number of anilines is 1. The predicted octanol–water partition coefficient (Wildman–Crippen LogP) is 1.35. The van der Waals surface area contributed by atoms with Crippen LogP contribution in [0.25, 0.3) is 0 Å². The second-order valence-electron chi connectivity index (χ2n) is 4.98. The third-order valence-corrected chi connectivity index (χ3v) is 4.81. The van der Waals surface area contributed by atoms with E-state index in [1.807, 2.05) is 0 Å². The molecule has 1 aliphatic rings. The van der Waals surface area contributed by atoms with Gasteiger partial charge in [0.2, 0.25) is 10.0 Å². The first-order valence-corrected chi connectivity index (χ1v) is 8.70. The Balaban J connectivity index is 1.95. The maximum Gasteiger partial charge on any atom is 0.414 e. The fraction of sp³-hybridized carbons (Fsp3) is 0.500. The van der Waals surface area contributed by atoms with Crippen LogP contribution in [0.2, 0.25) is 0 Å². The molecule has 7 nitrogen and oxygen atoms in total. The summed E-state index contributed by atoms with van der Waals surface area (Å²) in [6.45, 7) is 2.18. The highest BCUT2D eigenvalue weighted by molar-refractivity contribution is 7.89. The summed E-state index contributed by atoms with van der Waals surface area (Å²) >= 11 is 0. The first kappa shape index (κ1) is 16.6. The van der Waals surface area contributed by atoms with Crippen molar-refractivity contribution < 1.29 is 22.7 Å². The Morgan fingerprint density at radius 1 is 1.36 bits per heavy atom. The number of methoxy groups -OCH3 is 1. The normalized spacial score (nSPS) is 18.4. The first-order chi connectivity index (χ1) is 10.4. The minimum absolute atomic E-state index is 0.0653. The Morgan fingerprint density at radius 3 is 2.64 bits per heavy atom. The van der Waals surface area contributed by atoms with Gasteiger partial charge >= 0.3 is 6.09 Å². The molecule has 1 aromatic carbocycles. The molecule has 1 aromatic rings. The summed E-state index contributed by atoms with van der Waals surface area (Å²) in [7, 11) is -1.74. The van der Waals surface area contributed by atoms with Gasteiger partial charge in [-0.25, -0.2) is 17.9 Å². The van der Waals surface area contributed by atoms with Crippen LogP contribution < -0.4 is 14.4 Å². The van der Waals surface area contributed by atoms with E-state index in [1.165, 1.54) is 4.90 Å². The van der Waals surface area contributed by atoms with Crippen LogP contribution in [0.3, 0.4) is 0 Å². The molecule has 1 unspecified atom stereocenters. The van der Waals surface area contributed by atoms with E-state index in [4.69, 9.17) is 9.47 Å². The lowest BCUT2D eigenvalue weighted by Crippen LogP contribution is -2.35. The van der Waals surface area contributed by atoms with Crippen molar-refractivity contribution in [2.24, 2.45) is 0 Å². The summed E-state index contributed by atoms with van der Waals surface area (Å²) in [4.78, 5) is 13.4. The predicted molar refractivity (Wildman–Crippen MR) is 82.7 cm³/mol. The van der Waals surface area contributed by atoms with Gasteiger partial charge in [-0.1, -0.05) is 6.92 Å². The number of hydrogen-bond donors (Lipinski definition) is 1. The minimum Gasteiger partial charge on any atom is -0.497 e. The summed E-state index contributed by atoms with van der Waals surface area (Å²) < 4.78 is 35.9. The molecule has 2 rings (SSSR count). The Labute approximate surface area is 130 Å². The van der Waals surface area contributed by atoms with Crippen LogP contribution >= 0.6 is 0 Å². The van der Waals surface area contributed by atoms with Crippen molar-refractivity contribution in [2.45, 2.75) is 19.4 Å². The quantitative estimate of drug-likeness (QED) is 0.817. The maximum absolute atomic E-state index is 11.9. The van der Waals surface area contributed by atoms with E-state index in [0.717, 1.165) is 0 Å². The Kier molecular flexibility index (Phi) is 5.25. The van der Waals surface area contributed by atoms with Crippen molar-refractivity contribution in [3.05, 3.63) is 24.3 Å². The molecular weight excluding hydrogens is 308 g/mol. The lowest BCUT2D eigenvalue weighted by Gasteiger charge is -2.13. The fourth-order valence-electron chi connectivity index (χ4n) is 2.16. The number of hydrogen-bond acceptors (Lipinski definition) is 5. The van der Waals surface area contributed by atoms with Crippen molar-refractivity contribution in [3.8, 4) is 5.75 Å². The van der Waals surface area contributed by atoms with E-state index in [-0.39, 0.29) is 12.3 Å². The largest absolute Gasteiger partial charge is 0.497 e. The lowest BCUT2D eigenvalue weighted by atomic mass is 10.2. The van der Waals surface area contributed by atoms with E-state index in [0.29, 0.717) is 24.4 Å². The van der Waals surface area contributed by atoms with Crippen LogP contribution in [-0.4, -0.2) is 46.6 Å². The lowest BCUT2D eigenvalue weighted by molar-refractivity contribution is 0.143. The van der Waals surface area contributed by atoms with Crippen molar-refractivity contribution in [2.75, 3.05) is 30.9 Å². The molecule has 0 spiro atoms. The number of nitrogens with zero attached hydrogens (tertiary/aromatic N) is 1. The van der Waals surface area contributed by atoms with Crippen LogP contribution in [-0.2, 0) is 14.8 Å². The van der Waals surface area contributed by atoms with Crippen molar-refractivity contribution >= 4 is 21.8 Å². The topological polar surface area (TPSA) is 84.9 Å². The Morgan fingerprint density at radius 2 is 2.05 bits per heavy atom. The second-order valence-corrected chi connectivity index (χ2v) is 6.91. The second kappa shape index (κ2) is 6.97. The van der Waals surface area contributed by atoms with Gasteiger partial charge in [0.25, 0.3) is 0 Å². The average molecular weight is 328 g/mol. The van der Waals surface area contributed by atoms with E-state index in [1.54, 1.807) is 38.3 Å². The first-order valence-electron chi connectivity index (χ1n) is 7.04. The fourth-order valence-corrected chi connectivity index (χ4v) is 3.28. The highest BCUT2D eigenvalue weighted by atomic mass is 32.2. The molecule has 1 saturated heterocycles. The SMILES string of the molecule is CCCS(=O)(=O)NCC1CN(c2ccc(OC)cc2)C(=O)O1. The molecule has 0 saturated carbocycles. The van der Waals surface area contributed by atoms with Crippen LogP contribution in [0.5, 0.6) is 5.75 Å². The molecule has 8 heteroatoms. The molecule has 1 fully saturated rings. The summed E-state index contributed by atoms with van der Waals surface area (Å²) in [5.41, 5.74) is 0.685. The number of benzene rings is 1. The van der Waals surface area contributed by atoms with Gasteiger partial charge in [-0.05, 0) is 30.7 Å². The van der Waals surface area contributed by atoms with Crippen LogP contribution in [0, 0.1) is 0 Å². The number of amides is 1. The van der Waals surface area contributed by atoms with Gasteiger partial charge in [-0.15, -0.1) is 0 Å². The van der Waals surface area contributed by atoms with Crippen molar-refractivity contribution in [1.29, 1.82) is 0 Å². The molecule has 1 atom stereocenters. The summed E-state index contributed by atoms with van der Waals surface area (Å²) in [6.07, 6.45) is -0.441. The van der Waals surface area contributed by atoms with E-state index < -0.39 is 22.2 Å².